The minimum absolute atomic E-state index is 0.360. The molecule has 0 saturated heterocycles. The first-order valence-electron chi connectivity index (χ1n) is 9.57. The summed E-state index contributed by atoms with van der Waals surface area (Å²) >= 11 is 0. The number of aromatic nitrogens is 3. The van der Waals surface area contributed by atoms with Gasteiger partial charge in [0.2, 0.25) is 0 Å². The maximum atomic E-state index is 14.0. The van der Waals surface area contributed by atoms with Crippen LogP contribution in [0.5, 0.6) is 5.75 Å². The van der Waals surface area contributed by atoms with Gasteiger partial charge in [-0.2, -0.15) is 9.73 Å². The zero-order valence-electron chi connectivity index (χ0n) is 16.5. The Morgan fingerprint density at radius 3 is 2.61 bits per heavy atom. The lowest BCUT2D eigenvalue weighted by Gasteiger charge is -2.30. The van der Waals surface area contributed by atoms with Gasteiger partial charge in [0, 0.05) is 35.3 Å². The van der Waals surface area contributed by atoms with Crippen LogP contribution in [0.15, 0.2) is 78.1 Å². The van der Waals surface area contributed by atoms with E-state index in [1.807, 2.05) is 42.5 Å². The summed E-state index contributed by atoms with van der Waals surface area (Å²) in [6.45, 7) is 0. The molecule has 0 amide bonds. The minimum atomic E-state index is -0.920. The van der Waals surface area contributed by atoms with Crippen LogP contribution in [0.3, 0.4) is 0 Å². The molecule has 2 aromatic carbocycles. The Balaban J connectivity index is 1.69. The quantitative estimate of drug-likeness (QED) is 0.479. The molecule has 1 aliphatic heterocycles. The molecule has 6 nitrogen and oxygen atoms in total. The number of ether oxygens (including phenoxy) is 1. The maximum Gasteiger partial charge on any atom is 0.160 e. The fraction of sp³-hybridized carbons (Fsp3) is 0.0870. The number of halogens is 2. The summed E-state index contributed by atoms with van der Waals surface area (Å²) < 4.78 is 34.3. The zero-order valence-corrected chi connectivity index (χ0v) is 16.5. The van der Waals surface area contributed by atoms with Crippen LogP contribution in [0.25, 0.3) is 16.8 Å². The van der Waals surface area contributed by atoms with E-state index in [0.29, 0.717) is 5.69 Å². The average molecular weight is 417 g/mol. The van der Waals surface area contributed by atoms with E-state index in [1.54, 1.807) is 35.4 Å². The first-order valence-corrected chi connectivity index (χ1v) is 9.57. The van der Waals surface area contributed by atoms with Crippen molar-refractivity contribution in [3.05, 3.63) is 90.3 Å². The topological polar surface area (TPSA) is 55.0 Å². The molecular formula is C23H17F2N5O. The molecule has 0 radical (unpaired) electrons. The number of hydrogen-bond acceptors (Lipinski definition) is 5. The lowest BCUT2D eigenvalue weighted by atomic mass is 9.98. The fourth-order valence-corrected chi connectivity index (χ4v) is 3.68. The van der Waals surface area contributed by atoms with Crippen molar-refractivity contribution in [2.24, 2.45) is 4.99 Å². The van der Waals surface area contributed by atoms with E-state index in [9.17, 15) is 8.78 Å². The van der Waals surface area contributed by atoms with Crippen LogP contribution < -0.4 is 9.64 Å². The Labute approximate surface area is 176 Å². The Hall–Kier alpha value is -4.07. The summed E-state index contributed by atoms with van der Waals surface area (Å²) in [4.78, 5) is 5.97. The normalized spacial score (nSPS) is 15.6. The third-order valence-corrected chi connectivity index (χ3v) is 5.16. The van der Waals surface area contributed by atoms with Crippen molar-refractivity contribution in [1.82, 2.24) is 14.8 Å². The van der Waals surface area contributed by atoms with Gasteiger partial charge in [0.1, 0.15) is 11.4 Å². The molecule has 31 heavy (non-hydrogen) atoms. The van der Waals surface area contributed by atoms with Gasteiger partial charge < -0.3 is 9.64 Å². The molecule has 0 spiro atoms. The van der Waals surface area contributed by atoms with Gasteiger partial charge in [-0.1, -0.05) is 0 Å². The molecule has 0 N–H and O–H groups in total. The summed E-state index contributed by atoms with van der Waals surface area (Å²) in [5.74, 6) is -1.08. The van der Waals surface area contributed by atoms with Gasteiger partial charge in [0.25, 0.3) is 0 Å². The molecule has 1 aliphatic rings. The Bertz CT molecular complexity index is 1310. The van der Waals surface area contributed by atoms with Crippen LogP contribution in [-0.4, -0.2) is 28.3 Å². The molecule has 8 heteroatoms. The summed E-state index contributed by atoms with van der Waals surface area (Å²) in [6, 6.07) is 14.8. The van der Waals surface area contributed by atoms with Crippen LogP contribution in [0, 0.1) is 11.6 Å². The number of benzene rings is 2. The zero-order chi connectivity index (χ0) is 21.4. The Morgan fingerprint density at radius 1 is 1.00 bits per heavy atom. The highest BCUT2D eigenvalue weighted by Gasteiger charge is 2.28. The number of methoxy groups -OCH3 is 1. The molecular weight excluding hydrogens is 400 g/mol. The van der Waals surface area contributed by atoms with Gasteiger partial charge in [-0.3, -0.25) is 0 Å². The van der Waals surface area contributed by atoms with Gasteiger partial charge in [-0.05, 0) is 54.6 Å². The second kappa shape index (κ2) is 7.64. The van der Waals surface area contributed by atoms with Crippen molar-refractivity contribution in [2.45, 2.75) is 6.04 Å². The van der Waals surface area contributed by atoms with Crippen LogP contribution in [-0.2, 0) is 0 Å². The molecule has 0 saturated carbocycles. The number of rotatable bonds is 4. The highest BCUT2D eigenvalue weighted by Crippen LogP contribution is 2.38. The summed E-state index contributed by atoms with van der Waals surface area (Å²) in [6.07, 6.45) is 6.82. The van der Waals surface area contributed by atoms with Crippen molar-refractivity contribution in [3.8, 4) is 17.0 Å². The third kappa shape index (κ3) is 3.31. The number of nitrogens with zero attached hydrogens (tertiary/aromatic N) is 5. The third-order valence-electron chi connectivity index (χ3n) is 5.16. The molecule has 4 aromatic rings. The van der Waals surface area contributed by atoms with Crippen molar-refractivity contribution in [2.75, 3.05) is 12.0 Å². The second-order valence-corrected chi connectivity index (χ2v) is 6.95. The highest BCUT2D eigenvalue weighted by atomic mass is 19.2. The van der Waals surface area contributed by atoms with E-state index in [0.717, 1.165) is 40.2 Å². The van der Waals surface area contributed by atoms with E-state index < -0.39 is 11.6 Å². The molecule has 3 heterocycles. The summed E-state index contributed by atoms with van der Waals surface area (Å²) in [5.41, 5.74) is 3.73. The van der Waals surface area contributed by atoms with E-state index in [4.69, 9.17) is 9.84 Å². The molecule has 1 atom stereocenters. The minimum Gasteiger partial charge on any atom is -0.497 e. The van der Waals surface area contributed by atoms with Crippen LogP contribution in [0.4, 0.5) is 14.5 Å². The van der Waals surface area contributed by atoms with E-state index in [2.05, 4.69) is 10.1 Å². The van der Waals surface area contributed by atoms with E-state index in [1.165, 1.54) is 6.07 Å². The predicted molar refractivity (Wildman–Crippen MR) is 114 cm³/mol. The molecule has 0 fully saturated rings. The summed E-state index contributed by atoms with van der Waals surface area (Å²) in [7, 11) is 1.61. The molecule has 1 unspecified atom stereocenters. The molecule has 0 aliphatic carbocycles. The SMILES string of the molecule is COc1ccc(-c2nn3ncccc3c2C2C=CN=CN2c2ccc(F)c(F)c2)cc1. The number of anilines is 1. The van der Waals surface area contributed by atoms with Gasteiger partial charge in [0.05, 0.1) is 25.0 Å². The molecule has 5 rings (SSSR count). The van der Waals surface area contributed by atoms with Gasteiger partial charge in [-0.15, -0.1) is 5.10 Å². The van der Waals surface area contributed by atoms with Crippen molar-refractivity contribution in [3.63, 3.8) is 0 Å². The predicted octanol–water partition coefficient (Wildman–Crippen LogP) is 4.79. The number of fused-ring (bicyclic) bond motifs is 1. The fourth-order valence-electron chi connectivity index (χ4n) is 3.68. The maximum absolute atomic E-state index is 14.0. The van der Waals surface area contributed by atoms with Crippen molar-refractivity contribution < 1.29 is 13.5 Å². The van der Waals surface area contributed by atoms with Crippen molar-refractivity contribution >= 4 is 17.5 Å². The first kappa shape index (κ1) is 18.9. The van der Waals surface area contributed by atoms with Crippen LogP contribution in [0.2, 0.25) is 0 Å². The van der Waals surface area contributed by atoms with Crippen LogP contribution in [0.1, 0.15) is 11.6 Å². The lowest BCUT2D eigenvalue weighted by Crippen LogP contribution is -2.28. The van der Waals surface area contributed by atoms with Gasteiger partial charge >= 0.3 is 0 Å². The Morgan fingerprint density at radius 2 is 1.84 bits per heavy atom. The second-order valence-electron chi connectivity index (χ2n) is 6.95. The average Bonchev–Trinajstić information content (AvgIpc) is 3.20. The number of hydrogen-bond donors (Lipinski definition) is 0. The van der Waals surface area contributed by atoms with Gasteiger partial charge in [-0.25, -0.2) is 13.8 Å². The van der Waals surface area contributed by atoms with E-state index in [-0.39, 0.29) is 6.04 Å². The van der Waals surface area contributed by atoms with Gasteiger partial charge in [0.15, 0.2) is 11.6 Å². The largest absolute Gasteiger partial charge is 0.497 e. The van der Waals surface area contributed by atoms with Crippen molar-refractivity contribution in [1.29, 1.82) is 0 Å². The monoisotopic (exact) mass is 417 g/mol. The lowest BCUT2D eigenvalue weighted by molar-refractivity contribution is 0.415. The molecule has 154 valence electrons. The summed E-state index contributed by atoms with van der Waals surface area (Å²) in [5, 5.41) is 9.03. The number of aliphatic imine (C=N–C) groups is 1. The smallest absolute Gasteiger partial charge is 0.160 e. The van der Waals surface area contributed by atoms with E-state index >= 15 is 0 Å². The molecule has 0 bridgehead atoms. The highest BCUT2D eigenvalue weighted by molar-refractivity contribution is 5.86. The standard InChI is InChI=1S/C23H17F2N5O/c1-31-17-7-4-15(5-8-17)23-22(21-3-2-11-27-30(21)28-23)20-10-12-26-14-29(20)16-6-9-18(24)19(25)13-16/h2-14,20H,1H3. The Kier molecular flexibility index (Phi) is 4.66. The molecule has 2 aromatic heterocycles. The van der Waals surface area contributed by atoms with Crippen LogP contribution >= 0.6 is 0 Å². The first-order chi connectivity index (χ1) is 15.2.